The molecule has 1 saturated heterocycles. The van der Waals surface area contributed by atoms with Gasteiger partial charge in [0, 0.05) is 56.9 Å². The maximum Gasteiger partial charge on any atom is 0.255 e. The Morgan fingerprint density at radius 2 is 2.04 bits per heavy atom. The van der Waals surface area contributed by atoms with Crippen LogP contribution in [-0.4, -0.2) is 58.5 Å². The van der Waals surface area contributed by atoms with Crippen molar-refractivity contribution in [1.29, 1.82) is 0 Å². The van der Waals surface area contributed by atoms with E-state index in [0.717, 1.165) is 31.1 Å². The van der Waals surface area contributed by atoms with Crippen LogP contribution in [0.5, 0.6) is 0 Å². The number of anilines is 2. The van der Waals surface area contributed by atoms with Crippen LogP contribution < -0.4 is 10.2 Å². The molecule has 0 spiro atoms. The van der Waals surface area contributed by atoms with Gasteiger partial charge in [0.25, 0.3) is 5.91 Å². The van der Waals surface area contributed by atoms with Gasteiger partial charge in [-0.25, -0.2) is 4.98 Å². The number of carbonyl (C=O) groups excluding carboxylic acids is 1. The first-order valence-corrected chi connectivity index (χ1v) is 8.21. The Morgan fingerprint density at radius 3 is 2.71 bits per heavy atom. The predicted molar refractivity (Wildman–Crippen MR) is 93.3 cm³/mol. The molecule has 0 aliphatic carbocycles. The number of pyridine rings is 1. The van der Waals surface area contributed by atoms with Crippen molar-refractivity contribution in [2.45, 2.75) is 13.8 Å². The van der Waals surface area contributed by atoms with Gasteiger partial charge in [-0.2, -0.15) is 4.98 Å². The van der Waals surface area contributed by atoms with E-state index in [2.05, 4.69) is 25.2 Å². The molecule has 0 bridgehead atoms. The minimum Gasteiger partial charge on any atom is -0.354 e. The number of amides is 1. The average molecular weight is 326 g/mol. The molecule has 7 nitrogen and oxygen atoms in total. The van der Waals surface area contributed by atoms with E-state index in [1.807, 2.05) is 24.8 Å². The fourth-order valence-corrected chi connectivity index (χ4v) is 2.76. The molecule has 3 rings (SSSR count). The highest BCUT2D eigenvalue weighted by molar-refractivity contribution is 5.94. The summed E-state index contributed by atoms with van der Waals surface area (Å²) in [7, 11) is 0. The van der Waals surface area contributed by atoms with E-state index in [1.54, 1.807) is 24.5 Å². The lowest BCUT2D eigenvalue weighted by Gasteiger charge is -2.35. The summed E-state index contributed by atoms with van der Waals surface area (Å²) in [5, 5.41) is 3.16. The molecule has 1 aliphatic heterocycles. The van der Waals surface area contributed by atoms with Gasteiger partial charge in [-0.05, 0) is 26.0 Å². The maximum atomic E-state index is 12.5. The van der Waals surface area contributed by atoms with Gasteiger partial charge in [0.05, 0.1) is 5.56 Å². The number of nitrogens with one attached hydrogen (secondary N) is 1. The zero-order valence-corrected chi connectivity index (χ0v) is 14.1. The molecular formula is C17H22N6O. The fraction of sp³-hybridized carbons (Fsp3) is 0.412. The van der Waals surface area contributed by atoms with E-state index < -0.39 is 0 Å². The summed E-state index contributed by atoms with van der Waals surface area (Å²) in [6.45, 7) is 7.64. The van der Waals surface area contributed by atoms with E-state index in [0.29, 0.717) is 24.6 Å². The largest absolute Gasteiger partial charge is 0.354 e. The molecule has 126 valence electrons. The molecular weight excluding hydrogens is 304 g/mol. The van der Waals surface area contributed by atoms with Crippen molar-refractivity contribution in [3.8, 4) is 0 Å². The van der Waals surface area contributed by atoms with Crippen molar-refractivity contribution >= 4 is 17.7 Å². The second-order valence-corrected chi connectivity index (χ2v) is 5.74. The topological polar surface area (TPSA) is 74.2 Å². The van der Waals surface area contributed by atoms with Crippen LogP contribution in [0.3, 0.4) is 0 Å². The highest BCUT2D eigenvalue weighted by Gasteiger charge is 2.23. The average Bonchev–Trinajstić information content (AvgIpc) is 2.62. The molecule has 24 heavy (non-hydrogen) atoms. The molecule has 7 heteroatoms. The van der Waals surface area contributed by atoms with Crippen molar-refractivity contribution in [3.05, 3.63) is 41.9 Å². The lowest BCUT2D eigenvalue weighted by atomic mass is 10.2. The molecule has 1 N–H and O–H groups in total. The van der Waals surface area contributed by atoms with E-state index in [-0.39, 0.29) is 5.91 Å². The zero-order valence-electron chi connectivity index (χ0n) is 14.1. The van der Waals surface area contributed by atoms with Crippen LogP contribution in [0.25, 0.3) is 0 Å². The molecule has 0 saturated carbocycles. The summed E-state index contributed by atoms with van der Waals surface area (Å²) in [6.07, 6.45) is 3.29. The van der Waals surface area contributed by atoms with Gasteiger partial charge < -0.3 is 15.1 Å². The quantitative estimate of drug-likeness (QED) is 0.919. The van der Waals surface area contributed by atoms with E-state index in [9.17, 15) is 4.79 Å². The van der Waals surface area contributed by atoms with Gasteiger partial charge in [0.2, 0.25) is 5.95 Å². The normalized spacial score (nSPS) is 14.6. The second-order valence-electron chi connectivity index (χ2n) is 5.74. The predicted octanol–water partition coefficient (Wildman–Crippen LogP) is 1.57. The number of hydrogen-bond donors (Lipinski definition) is 1. The summed E-state index contributed by atoms with van der Waals surface area (Å²) in [4.78, 5) is 29.5. The Morgan fingerprint density at radius 1 is 1.25 bits per heavy atom. The van der Waals surface area contributed by atoms with Crippen LogP contribution in [0.2, 0.25) is 0 Å². The fourth-order valence-electron chi connectivity index (χ4n) is 2.76. The Balaban J connectivity index is 1.66. The van der Waals surface area contributed by atoms with Crippen molar-refractivity contribution < 1.29 is 4.79 Å². The third-order valence-electron chi connectivity index (χ3n) is 3.97. The van der Waals surface area contributed by atoms with Gasteiger partial charge in [0.15, 0.2) is 0 Å². The Kier molecular flexibility index (Phi) is 4.88. The first-order chi connectivity index (χ1) is 11.7. The van der Waals surface area contributed by atoms with Gasteiger partial charge in [0.1, 0.15) is 5.82 Å². The van der Waals surface area contributed by atoms with Crippen molar-refractivity contribution in [2.24, 2.45) is 0 Å². The number of carbonyl (C=O) groups is 1. The van der Waals surface area contributed by atoms with Gasteiger partial charge >= 0.3 is 0 Å². The van der Waals surface area contributed by atoms with Gasteiger partial charge in [-0.1, -0.05) is 0 Å². The van der Waals surface area contributed by atoms with E-state index >= 15 is 0 Å². The summed E-state index contributed by atoms with van der Waals surface area (Å²) < 4.78 is 0. The summed E-state index contributed by atoms with van der Waals surface area (Å²) in [5.41, 5.74) is 1.57. The smallest absolute Gasteiger partial charge is 0.255 e. The second kappa shape index (κ2) is 7.25. The van der Waals surface area contributed by atoms with Gasteiger partial charge in [-0.15, -0.1) is 0 Å². The van der Waals surface area contributed by atoms with Crippen LogP contribution in [-0.2, 0) is 0 Å². The highest BCUT2D eigenvalue weighted by Crippen LogP contribution is 2.17. The molecule has 3 heterocycles. The molecule has 1 amide bonds. The standard InChI is InChI=1S/C17H22N6O/c1-3-19-17-20-13(2)11-15(21-17)22-7-9-23(10-8-22)16(24)14-5-4-6-18-12-14/h4-6,11-12H,3,7-10H2,1-2H3,(H,19,20,21). The Bertz CT molecular complexity index is 697. The Labute approximate surface area is 141 Å². The van der Waals surface area contributed by atoms with E-state index in [4.69, 9.17) is 0 Å². The zero-order chi connectivity index (χ0) is 16.9. The van der Waals surface area contributed by atoms with Crippen LogP contribution >= 0.6 is 0 Å². The van der Waals surface area contributed by atoms with Crippen LogP contribution in [0.1, 0.15) is 23.0 Å². The minimum atomic E-state index is 0.0370. The third-order valence-corrected chi connectivity index (χ3v) is 3.97. The Hall–Kier alpha value is -2.70. The molecule has 1 fully saturated rings. The van der Waals surface area contributed by atoms with Gasteiger partial charge in [-0.3, -0.25) is 9.78 Å². The number of piperazine rings is 1. The lowest BCUT2D eigenvalue weighted by molar-refractivity contribution is 0.0746. The number of nitrogens with zero attached hydrogens (tertiary/aromatic N) is 5. The molecule has 2 aromatic heterocycles. The SMILES string of the molecule is CCNc1nc(C)cc(N2CCN(C(=O)c3cccnc3)CC2)n1. The molecule has 0 radical (unpaired) electrons. The van der Waals surface area contributed by atoms with Crippen molar-refractivity contribution in [1.82, 2.24) is 19.9 Å². The first kappa shape index (κ1) is 16.2. The highest BCUT2D eigenvalue weighted by atomic mass is 16.2. The molecule has 0 aromatic carbocycles. The molecule has 2 aromatic rings. The maximum absolute atomic E-state index is 12.5. The third kappa shape index (κ3) is 3.61. The number of aromatic nitrogens is 3. The minimum absolute atomic E-state index is 0.0370. The van der Waals surface area contributed by atoms with Crippen molar-refractivity contribution in [3.63, 3.8) is 0 Å². The lowest BCUT2D eigenvalue weighted by Crippen LogP contribution is -2.49. The summed E-state index contributed by atoms with van der Waals surface area (Å²) >= 11 is 0. The number of rotatable bonds is 4. The van der Waals surface area contributed by atoms with Crippen LogP contribution in [0, 0.1) is 6.92 Å². The summed E-state index contributed by atoms with van der Waals surface area (Å²) in [6, 6.07) is 5.58. The monoisotopic (exact) mass is 326 g/mol. The summed E-state index contributed by atoms with van der Waals surface area (Å²) in [5.74, 6) is 1.60. The molecule has 0 unspecified atom stereocenters. The number of hydrogen-bond acceptors (Lipinski definition) is 6. The van der Waals surface area contributed by atoms with Crippen LogP contribution in [0.4, 0.5) is 11.8 Å². The molecule has 0 atom stereocenters. The molecule has 1 aliphatic rings. The van der Waals surface area contributed by atoms with Crippen LogP contribution in [0.15, 0.2) is 30.6 Å². The van der Waals surface area contributed by atoms with Crippen molar-refractivity contribution in [2.75, 3.05) is 42.9 Å². The first-order valence-electron chi connectivity index (χ1n) is 8.21. The number of aryl methyl sites for hydroxylation is 1. The van der Waals surface area contributed by atoms with E-state index in [1.165, 1.54) is 0 Å².